The lowest BCUT2D eigenvalue weighted by Crippen LogP contribution is -2.49. The summed E-state index contributed by atoms with van der Waals surface area (Å²) in [5, 5.41) is 9.83. The number of hydrogen-bond donors (Lipinski definition) is 3. The first-order valence-corrected chi connectivity index (χ1v) is 10.9. The molecule has 0 aromatic carbocycles. The molecule has 2 amide bonds. The minimum Gasteiger partial charge on any atom is -0.384 e. The summed E-state index contributed by atoms with van der Waals surface area (Å²) in [6.45, 7) is 3.39. The van der Waals surface area contributed by atoms with Gasteiger partial charge in [0.1, 0.15) is 0 Å². The average Bonchev–Trinajstić information content (AvgIpc) is 3.23. The minimum absolute atomic E-state index is 0.0715. The SMILES string of the molecule is COCC1(CNC(=O)C2CCC(NC(=O)C3CCCC3)CC2)CCNCC1. The van der Waals surface area contributed by atoms with Crippen molar-refractivity contribution in [1.29, 1.82) is 0 Å². The van der Waals surface area contributed by atoms with Crippen LogP contribution >= 0.6 is 0 Å². The minimum atomic E-state index is 0.0715. The fourth-order valence-electron chi connectivity index (χ4n) is 5.06. The molecule has 0 aromatic rings. The van der Waals surface area contributed by atoms with Gasteiger partial charge in [-0.05, 0) is 64.5 Å². The second-order valence-corrected chi connectivity index (χ2v) is 8.94. The number of nitrogens with one attached hydrogen (secondary N) is 3. The zero-order valence-corrected chi connectivity index (χ0v) is 16.9. The molecule has 2 saturated carbocycles. The van der Waals surface area contributed by atoms with Gasteiger partial charge in [0.25, 0.3) is 0 Å². The van der Waals surface area contributed by atoms with Gasteiger partial charge in [-0.2, -0.15) is 0 Å². The number of amides is 2. The van der Waals surface area contributed by atoms with E-state index in [1.807, 2.05) is 0 Å². The van der Waals surface area contributed by atoms with Crippen LogP contribution in [0.5, 0.6) is 0 Å². The first-order valence-electron chi connectivity index (χ1n) is 10.9. The largest absolute Gasteiger partial charge is 0.384 e. The van der Waals surface area contributed by atoms with Crippen molar-refractivity contribution in [2.24, 2.45) is 17.3 Å². The van der Waals surface area contributed by atoms with E-state index in [1.165, 1.54) is 12.8 Å². The zero-order chi connectivity index (χ0) is 19.1. The van der Waals surface area contributed by atoms with Crippen LogP contribution in [0.2, 0.25) is 0 Å². The van der Waals surface area contributed by atoms with E-state index in [9.17, 15) is 9.59 Å². The highest BCUT2D eigenvalue weighted by atomic mass is 16.5. The van der Waals surface area contributed by atoms with E-state index in [4.69, 9.17) is 4.74 Å². The third-order valence-corrected chi connectivity index (χ3v) is 6.92. The number of piperidine rings is 1. The van der Waals surface area contributed by atoms with Crippen molar-refractivity contribution in [3.63, 3.8) is 0 Å². The highest BCUT2D eigenvalue weighted by molar-refractivity contribution is 5.80. The van der Waals surface area contributed by atoms with Crippen LogP contribution < -0.4 is 16.0 Å². The first-order chi connectivity index (χ1) is 13.1. The molecule has 1 saturated heterocycles. The maximum absolute atomic E-state index is 12.7. The fourth-order valence-corrected chi connectivity index (χ4v) is 5.06. The topological polar surface area (TPSA) is 79.5 Å². The molecule has 2 aliphatic carbocycles. The third kappa shape index (κ3) is 5.67. The van der Waals surface area contributed by atoms with E-state index in [0.717, 1.165) is 64.5 Å². The maximum Gasteiger partial charge on any atom is 0.223 e. The number of hydrogen-bond acceptors (Lipinski definition) is 4. The second kappa shape index (κ2) is 9.87. The Morgan fingerprint density at radius 2 is 1.59 bits per heavy atom. The van der Waals surface area contributed by atoms with E-state index in [2.05, 4.69) is 16.0 Å². The van der Waals surface area contributed by atoms with E-state index < -0.39 is 0 Å². The highest BCUT2D eigenvalue weighted by Crippen LogP contribution is 2.30. The van der Waals surface area contributed by atoms with Crippen LogP contribution in [-0.2, 0) is 14.3 Å². The molecule has 0 spiro atoms. The van der Waals surface area contributed by atoms with Crippen LogP contribution in [0.25, 0.3) is 0 Å². The Kier molecular flexibility index (Phi) is 7.53. The second-order valence-electron chi connectivity index (χ2n) is 8.94. The number of rotatable bonds is 7. The van der Waals surface area contributed by atoms with E-state index in [0.29, 0.717) is 13.2 Å². The van der Waals surface area contributed by atoms with Crippen LogP contribution in [-0.4, -0.2) is 51.2 Å². The van der Waals surface area contributed by atoms with Crippen LogP contribution in [0.4, 0.5) is 0 Å². The molecule has 0 bridgehead atoms. The molecular weight excluding hydrogens is 342 g/mol. The van der Waals surface area contributed by atoms with Crippen LogP contribution in [0.15, 0.2) is 0 Å². The standard InChI is InChI=1S/C21H37N3O3/c1-27-15-21(10-12-22-13-11-21)14-23-19(25)17-6-8-18(9-7-17)24-20(26)16-4-2-3-5-16/h16-18,22H,2-15H2,1H3,(H,23,25)(H,24,26). The van der Waals surface area contributed by atoms with E-state index >= 15 is 0 Å². The first kappa shape index (κ1) is 20.6. The van der Waals surface area contributed by atoms with E-state index in [-0.39, 0.29) is 35.1 Å². The third-order valence-electron chi connectivity index (χ3n) is 6.92. The molecule has 3 fully saturated rings. The fraction of sp³-hybridized carbons (Fsp3) is 0.905. The molecule has 3 N–H and O–H groups in total. The normalized spacial score (nSPS) is 28.6. The summed E-state index contributed by atoms with van der Waals surface area (Å²) < 4.78 is 5.44. The zero-order valence-electron chi connectivity index (χ0n) is 16.9. The van der Waals surface area contributed by atoms with Crippen molar-refractivity contribution >= 4 is 11.8 Å². The summed E-state index contributed by atoms with van der Waals surface area (Å²) in [7, 11) is 1.74. The van der Waals surface area contributed by atoms with Gasteiger partial charge in [-0.3, -0.25) is 9.59 Å². The Bertz CT molecular complexity index is 485. The van der Waals surface area contributed by atoms with Crippen molar-refractivity contribution in [3.8, 4) is 0 Å². The Labute approximate surface area is 163 Å². The Morgan fingerprint density at radius 3 is 2.22 bits per heavy atom. The van der Waals surface area contributed by atoms with Crippen molar-refractivity contribution < 1.29 is 14.3 Å². The van der Waals surface area contributed by atoms with Gasteiger partial charge in [-0.25, -0.2) is 0 Å². The molecule has 1 aliphatic heterocycles. The van der Waals surface area contributed by atoms with Gasteiger partial charge in [0, 0.05) is 36.9 Å². The molecule has 0 radical (unpaired) electrons. The molecule has 0 atom stereocenters. The molecule has 6 nitrogen and oxygen atoms in total. The Balaban J connectivity index is 1.39. The van der Waals surface area contributed by atoms with Gasteiger partial charge in [0.05, 0.1) is 6.61 Å². The Morgan fingerprint density at radius 1 is 0.963 bits per heavy atom. The summed E-state index contributed by atoms with van der Waals surface area (Å²) in [5.41, 5.74) is 0.0715. The van der Waals surface area contributed by atoms with E-state index in [1.54, 1.807) is 7.11 Å². The van der Waals surface area contributed by atoms with Gasteiger partial charge in [-0.15, -0.1) is 0 Å². The van der Waals surface area contributed by atoms with Crippen LogP contribution in [0.1, 0.15) is 64.2 Å². The smallest absolute Gasteiger partial charge is 0.223 e. The van der Waals surface area contributed by atoms with Gasteiger partial charge >= 0.3 is 0 Å². The van der Waals surface area contributed by atoms with Crippen molar-refractivity contribution in [3.05, 3.63) is 0 Å². The van der Waals surface area contributed by atoms with Gasteiger partial charge in [0.2, 0.25) is 11.8 Å². The highest BCUT2D eigenvalue weighted by Gasteiger charge is 2.34. The summed E-state index contributed by atoms with van der Waals surface area (Å²) in [6.07, 6.45) is 10.1. The number of ether oxygens (including phenoxy) is 1. The van der Waals surface area contributed by atoms with Crippen molar-refractivity contribution in [1.82, 2.24) is 16.0 Å². The predicted molar refractivity (Wildman–Crippen MR) is 105 cm³/mol. The molecule has 3 aliphatic rings. The predicted octanol–water partition coefficient (Wildman–Crippen LogP) is 1.98. The van der Waals surface area contributed by atoms with Crippen molar-refractivity contribution in [2.75, 3.05) is 33.4 Å². The summed E-state index contributed by atoms with van der Waals surface area (Å²) in [5.74, 6) is 0.747. The molecule has 0 aromatic heterocycles. The van der Waals surface area contributed by atoms with Gasteiger partial charge in [-0.1, -0.05) is 12.8 Å². The van der Waals surface area contributed by atoms with Crippen molar-refractivity contribution in [2.45, 2.75) is 70.3 Å². The maximum atomic E-state index is 12.7. The number of methoxy groups -OCH3 is 1. The number of carbonyl (C=O) groups is 2. The molecule has 154 valence electrons. The summed E-state index contributed by atoms with van der Waals surface area (Å²) in [6, 6.07) is 0.256. The Hall–Kier alpha value is -1.14. The molecular formula is C21H37N3O3. The van der Waals surface area contributed by atoms with Crippen LogP contribution in [0, 0.1) is 17.3 Å². The lowest BCUT2D eigenvalue weighted by Gasteiger charge is -2.38. The quantitative estimate of drug-likeness (QED) is 0.632. The lowest BCUT2D eigenvalue weighted by molar-refractivity contribution is -0.127. The summed E-state index contributed by atoms with van der Waals surface area (Å²) >= 11 is 0. The molecule has 0 unspecified atom stereocenters. The monoisotopic (exact) mass is 379 g/mol. The van der Waals surface area contributed by atoms with Gasteiger partial charge < -0.3 is 20.7 Å². The molecule has 1 heterocycles. The summed E-state index contributed by atoms with van der Waals surface area (Å²) in [4.78, 5) is 25.0. The van der Waals surface area contributed by atoms with Gasteiger partial charge in [0.15, 0.2) is 0 Å². The lowest BCUT2D eigenvalue weighted by atomic mass is 9.79. The number of carbonyl (C=O) groups excluding carboxylic acids is 2. The molecule has 27 heavy (non-hydrogen) atoms. The molecule has 6 heteroatoms. The molecule has 3 rings (SSSR count). The van der Waals surface area contributed by atoms with Crippen LogP contribution in [0.3, 0.4) is 0 Å². The average molecular weight is 380 g/mol.